The number of fused-ring (bicyclic) bond motifs is 1. The number of ether oxygens (including phenoxy) is 1. The molecule has 0 unspecified atom stereocenters. The number of halogens is 3. The van der Waals surface area contributed by atoms with Crippen molar-refractivity contribution in [1.29, 1.82) is 0 Å². The lowest BCUT2D eigenvalue weighted by atomic mass is 9.66. The third-order valence-electron chi connectivity index (χ3n) is 6.87. The van der Waals surface area contributed by atoms with Crippen molar-refractivity contribution < 1.29 is 36.7 Å². The summed E-state index contributed by atoms with van der Waals surface area (Å²) in [5.41, 5.74) is -0.985. The third-order valence-corrected chi connectivity index (χ3v) is 6.87. The molecule has 10 heteroatoms. The number of carbonyl (C=O) groups excluding carboxylic acids is 3. The molecule has 7 nitrogen and oxygen atoms in total. The number of nitrogens with zero attached hydrogens (tertiary/aromatic N) is 1. The Hall–Kier alpha value is -3.56. The van der Waals surface area contributed by atoms with Gasteiger partial charge >= 0.3 is 12.1 Å². The Kier molecular flexibility index (Phi) is 7.75. The van der Waals surface area contributed by atoms with Crippen LogP contribution in [0.3, 0.4) is 0 Å². The molecule has 0 bridgehead atoms. The van der Waals surface area contributed by atoms with Crippen LogP contribution in [0.4, 0.5) is 13.2 Å². The fraction of sp³-hybridized carbons (Fsp3) is 0.444. The second kappa shape index (κ2) is 10.8. The van der Waals surface area contributed by atoms with Crippen LogP contribution in [0.2, 0.25) is 0 Å². The van der Waals surface area contributed by atoms with Gasteiger partial charge in [-0.25, -0.2) is 0 Å². The SMILES string of the molecule is CCOC(=O)[C@]12CCCC=C1N(Cc1ccco1)C(=O)[C@H](CC(=O)NCc1cccc(C(F)(F)F)c1)C2. The van der Waals surface area contributed by atoms with Crippen LogP contribution in [0.15, 0.2) is 58.9 Å². The standard InChI is InChI=1S/C27H29F3N2O5/c1-2-36-25(35)26-11-4-3-10-22(26)32(17-21-9-6-12-37-21)24(34)19(15-26)14-23(33)31-16-18-7-5-8-20(13-18)27(28,29)30/h5-10,12-13,19H,2-4,11,14-17H2,1H3,(H,31,33)/t19-,26+/m1/s1. The monoisotopic (exact) mass is 518 g/mol. The molecular weight excluding hydrogens is 489 g/mol. The summed E-state index contributed by atoms with van der Waals surface area (Å²) in [5.74, 6) is -1.50. The Labute approximate surface area is 212 Å². The lowest BCUT2D eigenvalue weighted by Crippen LogP contribution is -2.54. The predicted molar refractivity (Wildman–Crippen MR) is 126 cm³/mol. The molecule has 1 aliphatic carbocycles. The summed E-state index contributed by atoms with van der Waals surface area (Å²) in [4.78, 5) is 41.2. The lowest BCUT2D eigenvalue weighted by molar-refractivity contribution is -0.162. The molecule has 1 aromatic carbocycles. The molecule has 1 N–H and O–H groups in total. The highest BCUT2D eigenvalue weighted by molar-refractivity contribution is 5.92. The molecule has 1 aliphatic heterocycles. The zero-order valence-electron chi connectivity index (χ0n) is 20.5. The maximum absolute atomic E-state index is 13.6. The van der Waals surface area contributed by atoms with Gasteiger partial charge in [0.15, 0.2) is 0 Å². The van der Waals surface area contributed by atoms with E-state index in [2.05, 4.69) is 5.32 Å². The number of piperidine rings is 1. The zero-order chi connectivity index (χ0) is 26.6. The number of alkyl halides is 3. The van der Waals surface area contributed by atoms with Crippen molar-refractivity contribution in [3.8, 4) is 0 Å². The molecule has 2 atom stereocenters. The zero-order valence-corrected chi connectivity index (χ0v) is 20.5. The van der Waals surface area contributed by atoms with Gasteiger partial charge in [0.1, 0.15) is 11.2 Å². The summed E-state index contributed by atoms with van der Waals surface area (Å²) in [6.07, 6.45) is 0.755. The first kappa shape index (κ1) is 26.5. The molecular formula is C27H29F3N2O5. The van der Waals surface area contributed by atoms with Crippen LogP contribution in [0.25, 0.3) is 0 Å². The number of allylic oxidation sites excluding steroid dienone is 1. The molecule has 198 valence electrons. The van der Waals surface area contributed by atoms with Gasteiger partial charge in [-0.3, -0.25) is 14.4 Å². The van der Waals surface area contributed by atoms with E-state index in [9.17, 15) is 27.6 Å². The van der Waals surface area contributed by atoms with Gasteiger partial charge in [-0.05, 0) is 62.4 Å². The van der Waals surface area contributed by atoms with E-state index in [0.29, 0.717) is 24.3 Å². The number of benzene rings is 1. The van der Waals surface area contributed by atoms with Crippen LogP contribution in [0, 0.1) is 11.3 Å². The molecule has 0 saturated carbocycles. The quantitative estimate of drug-likeness (QED) is 0.499. The number of nitrogens with one attached hydrogen (secondary N) is 1. The van der Waals surface area contributed by atoms with E-state index in [1.165, 1.54) is 23.3 Å². The van der Waals surface area contributed by atoms with Crippen LogP contribution in [-0.4, -0.2) is 29.3 Å². The summed E-state index contributed by atoms with van der Waals surface area (Å²) in [6, 6.07) is 8.14. The Morgan fingerprint density at radius 2 is 2.05 bits per heavy atom. The largest absolute Gasteiger partial charge is 0.467 e. The number of carbonyl (C=O) groups is 3. The number of hydrogen-bond acceptors (Lipinski definition) is 5. The van der Waals surface area contributed by atoms with Gasteiger partial charge in [0, 0.05) is 24.6 Å². The number of amides is 2. The normalized spacial score (nSPS) is 21.7. The molecule has 0 spiro atoms. The molecule has 2 heterocycles. The van der Waals surface area contributed by atoms with Gasteiger partial charge in [0.25, 0.3) is 0 Å². The maximum atomic E-state index is 13.6. The number of esters is 1. The third kappa shape index (κ3) is 5.73. The first-order valence-corrected chi connectivity index (χ1v) is 12.3. The molecule has 2 aromatic rings. The van der Waals surface area contributed by atoms with Crippen molar-refractivity contribution in [2.45, 2.75) is 58.3 Å². The highest BCUT2D eigenvalue weighted by atomic mass is 19.4. The van der Waals surface area contributed by atoms with Crippen LogP contribution in [-0.2, 0) is 38.4 Å². The topological polar surface area (TPSA) is 88.8 Å². The van der Waals surface area contributed by atoms with E-state index >= 15 is 0 Å². The van der Waals surface area contributed by atoms with Crippen LogP contribution >= 0.6 is 0 Å². The van der Waals surface area contributed by atoms with Gasteiger partial charge < -0.3 is 19.4 Å². The molecule has 1 saturated heterocycles. The summed E-state index contributed by atoms with van der Waals surface area (Å²) in [6.45, 7) is 1.89. The van der Waals surface area contributed by atoms with E-state index < -0.39 is 34.9 Å². The minimum Gasteiger partial charge on any atom is -0.467 e. The van der Waals surface area contributed by atoms with Crippen LogP contribution < -0.4 is 5.32 Å². The average molecular weight is 519 g/mol. The summed E-state index contributed by atoms with van der Waals surface area (Å²) in [7, 11) is 0. The summed E-state index contributed by atoms with van der Waals surface area (Å²) >= 11 is 0. The van der Waals surface area contributed by atoms with E-state index in [1.807, 2.05) is 6.08 Å². The van der Waals surface area contributed by atoms with Gasteiger partial charge in [0.2, 0.25) is 11.8 Å². The highest BCUT2D eigenvalue weighted by Crippen LogP contribution is 2.50. The molecule has 4 rings (SSSR count). The maximum Gasteiger partial charge on any atom is 0.416 e. The molecule has 2 amide bonds. The minimum absolute atomic E-state index is 0.112. The fourth-order valence-electron chi connectivity index (χ4n) is 5.18. The minimum atomic E-state index is -4.49. The van der Waals surface area contributed by atoms with Crippen molar-refractivity contribution in [2.24, 2.45) is 11.3 Å². The second-order valence-electron chi connectivity index (χ2n) is 9.37. The lowest BCUT2D eigenvalue weighted by Gasteiger charge is -2.47. The van der Waals surface area contributed by atoms with Crippen molar-refractivity contribution in [3.63, 3.8) is 0 Å². The van der Waals surface area contributed by atoms with Crippen molar-refractivity contribution in [1.82, 2.24) is 10.2 Å². The number of rotatable bonds is 8. The Morgan fingerprint density at radius 3 is 2.76 bits per heavy atom. The van der Waals surface area contributed by atoms with Gasteiger partial charge in [-0.2, -0.15) is 13.2 Å². The summed E-state index contributed by atoms with van der Waals surface area (Å²) < 4.78 is 49.9. The molecule has 2 aliphatic rings. The number of hydrogen-bond donors (Lipinski definition) is 1. The van der Waals surface area contributed by atoms with Crippen LogP contribution in [0.5, 0.6) is 0 Å². The number of likely N-dealkylation sites (tertiary alicyclic amines) is 1. The highest BCUT2D eigenvalue weighted by Gasteiger charge is 2.54. The molecule has 0 radical (unpaired) electrons. The molecule has 37 heavy (non-hydrogen) atoms. The van der Waals surface area contributed by atoms with E-state index in [1.54, 1.807) is 19.1 Å². The number of furan rings is 1. The predicted octanol–water partition coefficient (Wildman–Crippen LogP) is 4.97. The van der Waals surface area contributed by atoms with Gasteiger partial charge in [-0.1, -0.05) is 18.2 Å². The first-order valence-electron chi connectivity index (χ1n) is 12.3. The smallest absolute Gasteiger partial charge is 0.416 e. The fourth-order valence-corrected chi connectivity index (χ4v) is 5.18. The van der Waals surface area contributed by atoms with Gasteiger partial charge in [-0.15, -0.1) is 0 Å². The second-order valence-corrected chi connectivity index (χ2v) is 9.37. The molecule has 1 aromatic heterocycles. The summed E-state index contributed by atoms with van der Waals surface area (Å²) in [5, 5.41) is 2.62. The van der Waals surface area contributed by atoms with E-state index in [0.717, 1.165) is 18.6 Å². The average Bonchev–Trinajstić information content (AvgIpc) is 3.38. The van der Waals surface area contributed by atoms with E-state index in [-0.39, 0.29) is 44.0 Å². The molecule has 1 fully saturated rings. The van der Waals surface area contributed by atoms with Gasteiger partial charge in [0.05, 0.1) is 25.0 Å². The Balaban J connectivity index is 1.54. The van der Waals surface area contributed by atoms with Crippen molar-refractivity contribution >= 4 is 17.8 Å². The first-order chi connectivity index (χ1) is 17.6. The van der Waals surface area contributed by atoms with Crippen LogP contribution in [0.1, 0.15) is 55.9 Å². The Morgan fingerprint density at radius 1 is 1.24 bits per heavy atom. The van der Waals surface area contributed by atoms with Crippen molar-refractivity contribution in [2.75, 3.05) is 6.61 Å². The van der Waals surface area contributed by atoms with Crippen molar-refractivity contribution in [3.05, 3.63) is 71.3 Å². The Bertz CT molecular complexity index is 1170. The van der Waals surface area contributed by atoms with E-state index in [4.69, 9.17) is 9.15 Å².